The Hall–Kier alpha value is -1.07. The van der Waals surface area contributed by atoms with Crippen LogP contribution in [-0.2, 0) is 6.54 Å². The summed E-state index contributed by atoms with van der Waals surface area (Å²) in [6, 6.07) is 2.53. The number of amides is 2. The van der Waals surface area contributed by atoms with Crippen LogP contribution in [0.4, 0.5) is 4.79 Å². The van der Waals surface area contributed by atoms with Crippen LogP contribution in [0.1, 0.15) is 36.1 Å². The summed E-state index contributed by atoms with van der Waals surface area (Å²) < 4.78 is 0. The number of aryl methyl sites for hydroxylation is 1. The molecule has 1 aromatic heterocycles. The van der Waals surface area contributed by atoms with Gasteiger partial charge in [-0.2, -0.15) is 0 Å². The van der Waals surface area contributed by atoms with E-state index < -0.39 is 0 Å². The third-order valence-corrected chi connectivity index (χ3v) is 4.45. The lowest BCUT2D eigenvalue weighted by molar-refractivity contribution is 0.190. The fourth-order valence-corrected chi connectivity index (χ4v) is 2.92. The van der Waals surface area contributed by atoms with E-state index in [0.717, 1.165) is 32.2 Å². The molecule has 1 aromatic rings. The Balaban J connectivity index is 1.80. The minimum absolute atomic E-state index is 0.0354. The standard InChI is InChI=1S/C14H22N2O2S/c1-11-6-9-19-13(11)10-15-14(18)16(12-4-5-12)7-2-3-8-17/h6,9,12,17H,2-5,7-8,10H2,1H3,(H,15,18). The number of unbranched alkanes of at least 4 members (excludes halogenated alkanes) is 1. The van der Waals surface area contributed by atoms with E-state index in [0.29, 0.717) is 12.6 Å². The molecule has 0 unspecified atom stereocenters. The van der Waals surface area contributed by atoms with Crippen LogP contribution in [0.5, 0.6) is 0 Å². The first-order valence-electron chi connectivity index (χ1n) is 6.90. The minimum atomic E-state index is 0.0354. The minimum Gasteiger partial charge on any atom is -0.396 e. The zero-order valence-corrected chi connectivity index (χ0v) is 12.2. The van der Waals surface area contributed by atoms with Gasteiger partial charge in [0.25, 0.3) is 0 Å². The van der Waals surface area contributed by atoms with E-state index in [1.165, 1.54) is 10.4 Å². The Kier molecular flexibility index (Phi) is 5.22. The molecule has 5 heteroatoms. The summed E-state index contributed by atoms with van der Waals surface area (Å²) in [6.07, 6.45) is 3.87. The summed E-state index contributed by atoms with van der Waals surface area (Å²) in [5.41, 5.74) is 1.24. The molecule has 1 aliphatic rings. The molecule has 2 amide bonds. The van der Waals surface area contributed by atoms with Crippen LogP contribution >= 0.6 is 11.3 Å². The first-order valence-corrected chi connectivity index (χ1v) is 7.78. The lowest BCUT2D eigenvalue weighted by atomic mass is 10.3. The molecule has 0 radical (unpaired) electrons. The predicted octanol–water partition coefficient (Wildman–Crippen LogP) is 2.50. The van der Waals surface area contributed by atoms with Crippen molar-refractivity contribution in [1.29, 1.82) is 0 Å². The van der Waals surface area contributed by atoms with E-state index in [-0.39, 0.29) is 12.6 Å². The van der Waals surface area contributed by atoms with E-state index in [9.17, 15) is 4.79 Å². The lowest BCUT2D eigenvalue weighted by Gasteiger charge is -2.22. The third kappa shape index (κ3) is 4.21. The average Bonchev–Trinajstić information content (AvgIpc) is 3.15. The Morgan fingerprint density at radius 3 is 2.89 bits per heavy atom. The van der Waals surface area contributed by atoms with Crippen LogP contribution in [0.3, 0.4) is 0 Å². The molecule has 19 heavy (non-hydrogen) atoms. The molecule has 1 heterocycles. The van der Waals surface area contributed by atoms with Crippen molar-refractivity contribution in [3.63, 3.8) is 0 Å². The van der Waals surface area contributed by atoms with Gasteiger partial charge >= 0.3 is 6.03 Å². The molecule has 0 bridgehead atoms. The molecule has 0 aliphatic heterocycles. The third-order valence-electron chi connectivity index (χ3n) is 3.42. The van der Waals surface area contributed by atoms with Gasteiger partial charge in [-0.15, -0.1) is 11.3 Å². The van der Waals surface area contributed by atoms with Gasteiger partial charge in [-0.25, -0.2) is 4.79 Å². The maximum absolute atomic E-state index is 12.2. The van der Waals surface area contributed by atoms with Gasteiger partial charge in [0.15, 0.2) is 0 Å². The number of nitrogens with one attached hydrogen (secondary N) is 1. The molecular weight excluding hydrogens is 260 g/mol. The summed E-state index contributed by atoms with van der Waals surface area (Å²) in [5.74, 6) is 0. The zero-order valence-electron chi connectivity index (χ0n) is 11.4. The fraction of sp³-hybridized carbons (Fsp3) is 0.643. The molecule has 1 saturated carbocycles. The van der Waals surface area contributed by atoms with Crippen LogP contribution in [0, 0.1) is 6.92 Å². The number of thiophene rings is 1. The topological polar surface area (TPSA) is 52.6 Å². The van der Waals surface area contributed by atoms with Crippen molar-refractivity contribution >= 4 is 17.4 Å². The second-order valence-corrected chi connectivity index (χ2v) is 6.04. The summed E-state index contributed by atoms with van der Waals surface area (Å²) in [5, 5.41) is 13.9. The van der Waals surface area contributed by atoms with Crippen molar-refractivity contribution in [2.24, 2.45) is 0 Å². The fourth-order valence-electron chi connectivity index (χ4n) is 2.07. The summed E-state index contributed by atoms with van der Waals surface area (Å²) in [6.45, 7) is 3.64. The van der Waals surface area contributed by atoms with Crippen molar-refractivity contribution in [2.75, 3.05) is 13.2 Å². The number of aliphatic hydroxyl groups is 1. The van der Waals surface area contributed by atoms with Crippen LogP contribution in [0.2, 0.25) is 0 Å². The lowest BCUT2D eigenvalue weighted by Crippen LogP contribution is -2.41. The van der Waals surface area contributed by atoms with Gasteiger partial charge in [-0.1, -0.05) is 0 Å². The monoisotopic (exact) mass is 282 g/mol. The largest absolute Gasteiger partial charge is 0.396 e. The highest BCUT2D eigenvalue weighted by Crippen LogP contribution is 2.27. The maximum atomic E-state index is 12.2. The van der Waals surface area contributed by atoms with Gasteiger partial charge in [0, 0.05) is 24.1 Å². The van der Waals surface area contributed by atoms with Crippen molar-refractivity contribution in [2.45, 2.75) is 45.2 Å². The normalized spacial score (nSPS) is 14.4. The van der Waals surface area contributed by atoms with Crippen LogP contribution in [0.25, 0.3) is 0 Å². The SMILES string of the molecule is Cc1ccsc1CNC(=O)N(CCCCO)C1CC1. The summed E-state index contributed by atoms with van der Waals surface area (Å²) >= 11 is 1.68. The second kappa shape index (κ2) is 6.91. The smallest absolute Gasteiger partial charge is 0.317 e. The van der Waals surface area contributed by atoms with Gasteiger partial charge in [-0.3, -0.25) is 0 Å². The highest BCUT2D eigenvalue weighted by atomic mass is 32.1. The molecule has 0 spiro atoms. The first kappa shape index (κ1) is 14.3. The Morgan fingerprint density at radius 2 is 2.32 bits per heavy atom. The molecule has 2 rings (SSSR count). The van der Waals surface area contributed by atoms with E-state index in [1.54, 1.807) is 11.3 Å². The number of hydrogen-bond acceptors (Lipinski definition) is 3. The second-order valence-electron chi connectivity index (χ2n) is 5.04. The highest BCUT2D eigenvalue weighted by Gasteiger charge is 2.31. The Labute approximate surface area is 118 Å². The van der Waals surface area contributed by atoms with Gasteiger partial charge in [0.1, 0.15) is 0 Å². The molecule has 0 saturated heterocycles. The Bertz CT molecular complexity index is 415. The molecule has 4 nitrogen and oxygen atoms in total. The van der Waals surface area contributed by atoms with Gasteiger partial charge in [0.2, 0.25) is 0 Å². The van der Waals surface area contributed by atoms with Crippen LogP contribution in [0.15, 0.2) is 11.4 Å². The van der Waals surface area contributed by atoms with Gasteiger partial charge in [0.05, 0.1) is 6.54 Å². The van der Waals surface area contributed by atoms with Crippen molar-refractivity contribution in [1.82, 2.24) is 10.2 Å². The molecular formula is C14H22N2O2S. The van der Waals surface area contributed by atoms with Gasteiger partial charge < -0.3 is 15.3 Å². The first-order chi connectivity index (χ1) is 9.22. The number of rotatable bonds is 7. The van der Waals surface area contributed by atoms with Crippen LogP contribution in [-0.4, -0.2) is 35.2 Å². The molecule has 0 aromatic carbocycles. The van der Waals surface area contributed by atoms with Crippen molar-refractivity contribution in [3.8, 4) is 0 Å². The van der Waals surface area contributed by atoms with Crippen LogP contribution < -0.4 is 5.32 Å². The van der Waals surface area contributed by atoms with E-state index >= 15 is 0 Å². The maximum Gasteiger partial charge on any atom is 0.317 e. The van der Waals surface area contributed by atoms with E-state index in [2.05, 4.69) is 23.7 Å². The summed E-state index contributed by atoms with van der Waals surface area (Å²) in [7, 11) is 0. The molecule has 2 N–H and O–H groups in total. The quantitative estimate of drug-likeness (QED) is 0.755. The Morgan fingerprint density at radius 1 is 1.53 bits per heavy atom. The zero-order chi connectivity index (χ0) is 13.7. The summed E-state index contributed by atoms with van der Waals surface area (Å²) in [4.78, 5) is 15.3. The average molecular weight is 282 g/mol. The number of carbonyl (C=O) groups excluding carboxylic acids is 1. The molecule has 0 atom stereocenters. The number of carbonyl (C=O) groups is 1. The predicted molar refractivity (Wildman–Crippen MR) is 77.3 cm³/mol. The van der Waals surface area contributed by atoms with Crippen molar-refractivity contribution < 1.29 is 9.90 Å². The van der Waals surface area contributed by atoms with E-state index in [1.807, 2.05) is 4.90 Å². The molecule has 1 aliphatic carbocycles. The number of hydrogen-bond donors (Lipinski definition) is 2. The highest BCUT2D eigenvalue weighted by molar-refractivity contribution is 7.10. The molecule has 106 valence electrons. The molecule has 1 fully saturated rings. The number of nitrogens with zero attached hydrogens (tertiary/aromatic N) is 1. The number of aliphatic hydroxyl groups excluding tert-OH is 1. The van der Waals surface area contributed by atoms with E-state index in [4.69, 9.17) is 5.11 Å². The van der Waals surface area contributed by atoms with Crippen molar-refractivity contribution in [3.05, 3.63) is 21.9 Å². The number of urea groups is 1. The van der Waals surface area contributed by atoms with Gasteiger partial charge in [-0.05, 0) is 49.6 Å².